The van der Waals surface area contributed by atoms with E-state index in [1.807, 2.05) is 0 Å². The first-order valence-electron chi connectivity index (χ1n) is 7.47. The normalized spacial score (nSPS) is 21.1. The molecule has 106 valence electrons. The fourth-order valence-electron chi connectivity index (χ4n) is 2.87. The summed E-state index contributed by atoms with van der Waals surface area (Å²) in [6.45, 7) is 12.3. The molecule has 2 heterocycles. The lowest BCUT2D eigenvalue weighted by Gasteiger charge is -2.43. The molecule has 0 aromatic carbocycles. The van der Waals surface area contributed by atoms with Crippen LogP contribution in [0.15, 0.2) is 12.4 Å². The molecular formula is C15H26N4. The summed E-state index contributed by atoms with van der Waals surface area (Å²) in [6.07, 6.45) is 3.86. The van der Waals surface area contributed by atoms with Crippen molar-refractivity contribution in [1.82, 2.24) is 14.9 Å². The molecule has 0 amide bonds. The van der Waals surface area contributed by atoms with E-state index in [1.165, 1.54) is 6.42 Å². The fourth-order valence-corrected chi connectivity index (χ4v) is 2.87. The van der Waals surface area contributed by atoms with Gasteiger partial charge in [0.25, 0.3) is 0 Å². The molecule has 0 saturated carbocycles. The van der Waals surface area contributed by atoms with Crippen molar-refractivity contribution in [3.63, 3.8) is 0 Å². The molecule has 1 aliphatic rings. The van der Waals surface area contributed by atoms with Gasteiger partial charge in [-0.3, -0.25) is 4.90 Å². The molecule has 4 heteroatoms. The van der Waals surface area contributed by atoms with E-state index in [0.29, 0.717) is 12.1 Å². The molecule has 4 nitrogen and oxygen atoms in total. The van der Waals surface area contributed by atoms with Crippen LogP contribution in [0.1, 0.15) is 39.8 Å². The third kappa shape index (κ3) is 3.24. The maximum Gasteiger partial charge on any atom is 0.132 e. The Bertz CT molecular complexity index is 405. The molecule has 1 saturated heterocycles. The second-order valence-corrected chi connectivity index (χ2v) is 5.56. The Kier molecular flexibility index (Phi) is 4.75. The van der Waals surface area contributed by atoms with Crippen molar-refractivity contribution in [2.24, 2.45) is 0 Å². The summed E-state index contributed by atoms with van der Waals surface area (Å²) in [5.41, 5.74) is 1.13. The first kappa shape index (κ1) is 14.3. The Balaban J connectivity index is 2.10. The van der Waals surface area contributed by atoms with E-state index in [1.54, 1.807) is 6.33 Å². The predicted molar refractivity (Wildman–Crippen MR) is 79.5 cm³/mol. The zero-order valence-corrected chi connectivity index (χ0v) is 12.6. The predicted octanol–water partition coefficient (Wildman–Crippen LogP) is 2.35. The fraction of sp³-hybridized carbons (Fsp3) is 0.733. The number of hydrogen-bond donors (Lipinski definition) is 0. The van der Waals surface area contributed by atoms with E-state index in [9.17, 15) is 0 Å². The maximum absolute atomic E-state index is 4.45. The second-order valence-electron chi connectivity index (χ2n) is 5.56. The quantitative estimate of drug-likeness (QED) is 0.834. The van der Waals surface area contributed by atoms with E-state index in [4.69, 9.17) is 0 Å². The van der Waals surface area contributed by atoms with Gasteiger partial charge in [0.1, 0.15) is 12.1 Å². The molecular weight excluding hydrogens is 236 g/mol. The number of aryl methyl sites for hydroxylation is 1. The minimum absolute atomic E-state index is 0.628. The number of hydrogen-bond acceptors (Lipinski definition) is 4. The Labute approximate surface area is 116 Å². The first-order valence-corrected chi connectivity index (χ1v) is 7.47. The van der Waals surface area contributed by atoms with Gasteiger partial charge >= 0.3 is 0 Å². The number of nitrogens with zero attached hydrogens (tertiary/aromatic N) is 4. The molecule has 1 atom stereocenters. The van der Waals surface area contributed by atoms with Crippen LogP contribution in [-0.2, 0) is 6.42 Å². The van der Waals surface area contributed by atoms with Crippen LogP contribution in [0.25, 0.3) is 0 Å². The van der Waals surface area contributed by atoms with Gasteiger partial charge in [0.2, 0.25) is 0 Å². The highest BCUT2D eigenvalue weighted by Crippen LogP contribution is 2.20. The van der Waals surface area contributed by atoms with E-state index >= 15 is 0 Å². The van der Waals surface area contributed by atoms with Gasteiger partial charge in [-0.2, -0.15) is 0 Å². The molecule has 2 rings (SSSR count). The molecule has 0 N–H and O–H groups in total. The van der Waals surface area contributed by atoms with Crippen LogP contribution in [0, 0.1) is 0 Å². The third-order valence-electron chi connectivity index (χ3n) is 4.06. The van der Waals surface area contributed by atoms with Crippen LogP contribution in [0.3, 0.4) is 0 Å². The Morgan fingerprint density at radius 2 is 2.05 bits per heavy atom. The maximum atomic E-state index is 4.45. The number of piperazine rings is 1. The van der Waals surface area contributed by atoms with Crippen molar-refractivity contribution < 1.29 is 0 Å². The van der Waals surface area contributed by atoms with Crippen molar-refractivity contribution in [2.45, 2.75) is 52.6 Å². The summed E-state index contributed by atoms with van der Waals surface area (Å²) < 4.78 is 0. The summed E-state index contributed by atoms with van der Waals surface area (Å²) in [4.78, 5) is 13.8. The topological polar surface area (TPSA) is 32.3 Å². The Morgan fingerprint density at radius 3 is 2.68 bits per heavy atom. The monoisotopic (exact) mass is 262 g/mol. The van der Waals surface area contributed by atoms with E-state index in [-0.39, 0.29) is 0 Å². The van der Waals surface area contributed by atoms with Gasteiger partial charge in [0.15, 0.2) is 0 Å². The van der Waals surface area contributed by atoms with Crippen LogP contribution in [0.5, 0.6) is 0 Å². The van der Waals surface area contributed by atoms with Crippen molar-refractivity contribution in [3.8, 4) is 0 Å². The van der Waals surface area contributed by atoms with Crippen LogP contribution in [0.4, 0.5) is 5.82 Å². The zero-order valence-electron chi connectivity index (χ0n) is 12.6. The molecule has 19 heavy (non-hydrogen) atoms. The van der Waals surface area contributed by atoms with Gasteiger partial charge in [-0.15, -0.1) is 0 Å². The van der Waals surface area contributed by atoms with Crippen LogP contribution < -0.4 is 4.90 Å². The van der Waals surface area contributed by atoms with E-state index < -0.39 is 0 Å². The molecule has 0 unspecified atom stereocenters. The minimum Gasteiger partial charge on any atom is -0.354 e. The average Bonchev–Trinajstić information content (AvgIpc) is 2.46. The molecule has 0 radical (unpaired) electrons. The lowest BCUT2D eigenvalue weighted by molar-refractivity contribution is 0.133. The van der Waals surface area contributed by atoms with Crippen LogP contribution in [-0.4, -0.2) is 46.6 Å². The van der Waals surface area contributed by atoms with Gasteiger partial charge in [0.05, 0.1) is 0 Å². The Morgan fingerprint density at radius 1 is 1.26 bits per heavy atom. The van der Waals surface area contributed by atoms with Gasteiger partial charge in [-0.25, -0.2) is 9.97 Å². The first-order chi connectivity index (χ1) is 9.15. The molecule has 0 spiro atoms. The highest BCUT2D eigenvalue weighted by atomic mass is 15.3. The number of rotatable bonds is 4. The van der Waals surface area contributed by atoms with Crippen molar-refractivity contribution in [3.05, 3.63) is 18.1 Å². The second kappa shape index (κ2) is 6.33. The molecule has 1 aromatic heterocycles. The SMILES string of the molecule is CCc1cc(N2CCN(C(C)C)[C@H](CC)C2)ncn1. The summed E-state index contributed by atoms with van der Waals surface area (Å²) >= 11 is 0. The molecule has 0 bridgehead atoms. The molecule has 1 aromatic rings. The zero-order chi connectivity index (χ0) is 13.8. The molecule has 0 aliphatic carbocycles. The van der Waals surface area contributed by atoms with Gasteiger partial charge in [-0.05, 0) is 26.7 Å². The average molecular weight is 262 g/mol. The highest BCUT2D eigenvalue weighted by Gasteiger charge is 2.27. The highest BCUT2D eigenvalue weighted by molar-refractivity contribution is 5.40. The molecule has 1 aliphatic heterocycles. The summed E-state index contributed by atoms with van der Waals surface area (Å²) in [6, 6.07) is 3.40. The Hall–Kier alpha value is -1.16. The van der Waals surface area contributed by atoms with Crippen LogP contribution in [0.2, 0.25) is 0 Å². The lowest BCUT2D eigenvalue weighted by atomic mass is 10.1. The number of aromatic nitrogens is 2. The largest absolute Gasteiger partial charge is 0.354 e. The van der Waals surface area contributed by atoms with Gasteiger partial charge in [0, 0.05) is 43.5 Å². The summed E-state index contributed by atoms with van der Waals surface area (Å²) in [5.74, 6) is 1.09. The lowest BCUT2D eigenvalue weighted by Crippen LogP contribution is -2.55. The molecule has 1 fully saturated rings. The summed E-state index contributed by atoms with van der Waals surface area (Å²) in [5, 5.41) is 0. The van der Waals surface area contributed by atoms with Gasteiger partial charge in [-0.1, -0.05) is 13.8 Å². The van der Waals surface area contributed by atoms with Crippen molar-refractivity contribution >= 4 is 5.82 Å². The standard InChI is InChI=1S/C15H26N4/c1-5-13-9-15(17-11-16-13)18-7-8-19(12(3)4)14(6-2)10-18/h9,11-12,14H,5-8,10H2,1-4H3/t14-/m1/s1. The van der Waals surface area contributed by atoms with Crippen molar-refractivity contribution in [2.75, 3.05) is 24.5 Å². The van der Waals surface area contributed by atoms with Crippen molar-refractivity contribution in [1.29, 1.82) is 0 Å². The number of anilines is 1. The van der Waals surface area contributed by atoms with E-state index in [0.717, 1.165) is 37.6 Å². The summed E-state index contributed by atoms with van der Waals surface area (Å²) in [7, 11) is 0. The van der Waals surface area contributed by atoms with E-state index in [2.05, 4.69) is 53.5 Å². The smallest absolute Gasteiger partial charge is 0.132 e. The van der Waals surface area contributed by atoms with Crippen LogP contribution >= 0.6 is 0 Å². The minimum atomic E-state index is 0.628. The third-order valence-corrected chi connectivity index (χ3v) is 4.06. The van der Waals surface area contributed by atoms with Gasteiger partial charge < -0.3 is 4.90 Å².